The largest absolute Gasteiger partial charge is 0.490 e. The molecule has 0 radical (unpaired) electrons. The fraction of sp³-hybridized carbons (Fsp3) is 0.333. The van der Waals surface area contributed by atoms with Gasteiger partial charge in [-0.3, -0.25) is 0 Å². The first-order valence-corrected chi connectivity index (χ1v) is 6.78. The number of aromatic nitrogens is 2. The first kappa shape index (κ1) is 12.7. The molecule has 0 aliphatic carbocycles. The van der Waals surface area contributed by atoms with Gasteiger partial charge in [0.2, 0.25) is 5.75 Å². The van der Waals surface area contributed by atoms with Gasteiger partial charge in [0.05, 0.1) is 7.11 Å². The number of methoxy groups -OCH3 is 1. The quantitative estimate of drug-likeness (QED) is 0.924. The minimum atomic E-state index is 0.710. The number of hydrogen-bond donors (Lipinski definition) is 1. The van der Waals surface area contributed by atoms with Gasteiger partial charge in [0, 0.05) is 19.6 Å². The molecule has 3 rings (SSSR count). The van der Waals surface area contributed by atoms with E-state index in [1.54, 1.807) is 13.4 Å². The molecule has 0 amide bonds. The van der Waals surface area contributed by atoms with Crippen molar-refractivity contribution in [3.05, 3.63) is 41.7 Å². The fourth-order valence-electron chi connectivity index (χ4n) is 2.55. The molecule has 104 valence electrons. The van der Waals surface area contributed by atoms with Crippen molar-refractivity contribution >= 4 is 11.6 Å². The third-order valence-corrected chi connectivity index (χ3v) is 3.47. The van der Waals surface area contributed by atoms with E-state index in [0.717, 1.165) is 31.3 Å². The van der Waals surface area contributed by atoms with E-state index in [0.29, 0.717) is 5.75 Å². The van der Waals surface area contributed by atoms with E-state index in [4.69, 9.17) is 4.74 Å². The lowest BCUT2D eigenvalue weighted by Crippen LogP contribution is -2.18. The lowest BCUT2D eigenvalue weighted by Gasteiger charge is -2.20. The molecule has 1 aliphatic heterocycles. The van der Waals surface area contributed by atoms with Gasteiger partial charge in [-0.25, -0.2) is 9.97 Å². The minimum absolute atomic E-state index is 0.710. The Morgan fingerprint density at radius 3 is 2.50 bits per heavy atom. The van der Waals surface area contributed by atoms with Gasteiger partial charge in [0.25, 0.3) is 0 Å². The summed E-state index contributed by atoms with van der Waals surface area (Å²) >= 11 is 0. The van der Waals surface area contributed by atoms with Crippen LogP contribution in [0.1, 0.15) is 18.1 Å². The average molecular weight is 270 g/mol. The van der Waals surface area contributed by atoms with Crippen molar-refractivity contribution < 1.29 is 4.74 Å². The van der Waals surface area contributed by atoms with Crippen LogP contribution in [0.4, 0.5) is 11.6 Å². The highest BCUT2D eigenvalue weighted by Crippen LogP contribution is 2.36. The molecule has 5 heteroatoms. The van der Waals surface area contributed by atoms with Crippen LogP contribution in [-0.4, -0.2) is 23.6 Å². The summed E-state index contributed by atoms with van der Waals surface area (Å²) in [6, 6.07) is 8.47. The molecule has 1 aromatic heterocycles. The second kappa shape index (κ2) is 5.36. The van der Waals surface area contributed by atoms with E-state index < -0.39 is 0 Å². The van der Waals surface area contributed by atoms with Gasteiger partial charge in [-0.2, -0.15) is 0 Å². The molecule has 0 fully saturated rings. The van der Waals surface area contributed by atoms with Crippen LogP contribution >= 0.6 is 0 Å². The summed E-state index contributed by atoms with van der Waals surface area (Å²) in [5.41, 5.74) is 2.69. The molecule has 1 N–H and O–H groups in total. The normalized spacial score (nSPS) is 13.2. The smallest absolute Gasteiger partial charge is 0.204 e. The van der Waals surface area contributed by atoms with E-state index in [9.17, 15) is 0 Å². The van der Waals surface area contributed by atoms with Gasteiger partial charge in [-0.15, -0.1) is 0 Å². The standard InChI is InChI=1S/C15H18N4O/c1-3-16-14-13(20-2)15(18-10-17-14)19-8-11-6-4-5-7-12(11)9-19/h4-7,10H,3,8-9H2,1-2H3,(H,16,17,18). The number of anilines is 2. The van der Waals surface area contributed by atoms with Gasteiger partial charge < -0.3 is 15.0 Å². The molecule has 0 saturated carbocycles. The fourth-order valence-corrected chi connectivity index (χ4v) is 2.55. The molecule has 20 heavy (non-hydrogen) atoms. The SMILES string of the molecule is CCNc1ncnc(N2Cc3ccccc3C2)c1OC. The van der Waals surface area contributed by atoms with Crippen LogP contribution in [0.2, 0.25) is 0 Å². The van der Waals surface area contributed by atoms with Crippen molar-refractivity contribution in [1.29, 1.82) is 0 Å². The summed E-state index contributed by atoms with van der Waals surface area (Å²) in [5, 5.41) is 3.21. The molecule has 1 aliphatic rings. The number of ether oxygens (including phenoxy) is 1. The maximum absolute atomic E-state index is 5.51. The van der Waals surface area contributed by atoms with Gasteiger partial charge in [0.15, 0.2) is 11.6 Å². The number of fused-ring (bicyclic) bond motifs is 1. The predicted octanol–water partition coefficient (Wildman–Crippen LogP) is 2.44. The van der Waals surface area contributed by atoms with Crippen molar-refractivity contribution in [1.82, 2.24) is 9.97 Å². The Bertz CT molecular complexity index is 590. The number of rotatable bonds is 4. The Morgan fingerprint density at radius 2 is 1.90 bits per heavy atom. The van der Waals surface area contributed by atoms with Crippen molar-refractivity contribution in [2.24, 2.45) is 0 Å². The summed E-state index contributed by atoms with van der Waals surface area (Å²) in [7, 11) is 1.66. The van der Waals surface area contributed by atoms with Crippen molar-refractivity contribution in [2.45, 2.75) is 20.0 Å². The van der Waals surface area contributed by atoms with Gasteiger partial charge in [-0.05, 0) is 18.1 Å². The van der Waals surface area contributed by atoms with Crippen LogP contribution in [0.5, 0.6) is 5.75 Å². The molecule has 2 heterocycles. The molecular weight excluding hydrogens is 252 g/mol. The van der Waals surface area contributed by atoms with Crippen molar-refractivity contribution in [3.63, 3.8) is 0 Å². The van der Waals surface area contributed by atoms with Crippen LogP contribution < -0.4 is 15.0 Å². The summed E-state index contributed by atoms with van der Waals surface area (Å²) in [6.45, 7) is 4.55. The van der Waals surface area contributed by atoms with Crippen LogP contribution in [0.25, 0.3) is 0 Å². The molecule has 0 bridgehead atoms. The Hall–Kier alpha value is -2.30. The molecule has 0 unspecified atom stereocenters. The third kappa shape index (κ3) is 2.15. The number of benzene rings is 1. The van der Waals surface area contributed by atoms with E-state index in [1.165, 1.54) is 11.1 Å². The topological polar surface area (TPSA) is 50.3 Å². The highest BCUT2D eigenvalue weighted by Gasteiger charge is 2.24. The molecule has 1 aromatic carbocycles. The summed E-state index contributed by atoms with van der Waals surface area (Å²) in [5.74, 6) is 2.30. The zero-order valence-electron chi connectivity index (χ0n) is 11.8. The number of nitrogens with one attached hydrogen (secondary N) is 1. The Balaban J connectivity index is 1.94. The zero-order chi connectivity index (χ0) is 13.9. The van der Waals surface area contributed by atoms with Crippen LogP contribution in [-0.2, 0) is 13.1 Å². The molecule has 0 spiro atoms. The van der Waals surface area contributed by atoms with Crippen LogP contribution in [0, 0.1) is 0 Å². The van der Waals surface area contributed by atoms with E-state index in [-0.39, 0.29) is 0 Å². The van der Waals surface area contributed by atoms with Crippen LogP contribution in [0.15, 0.2) is 30.6 Å². The molecule has 0 saturated heterocycles. The maximum atomic E-state index is 5.51. The minimum Gasteiger partial charge on any atom is -0.490 e. The van der Waals surface area contributed by atoms with Gasteiger partial charge in [0.1, 0.15) is 6.33 Å². The summed E-state index contributed by atoms with van der Waals surface area (Å²) in [6.07, 6.45) is 1.58. The Kier molecular flexibility index (Phi) is 3.41. The molecule has 5 nitrogen and oxygen atoms in total. The Morgan fingerprint density at radius 1 is 1.20 bits per heavy atom. The highest BCUT2D eigenvalue weighted by molar-refractivity contribution is 5.66. The highest BCUT2D eigenvalue weighted by atomic mass is 16.5. The number of hydrogen-bond acceptors (Lipinski definition) is 5. The van der Waals surface area contributed by atoms with E-state index in [1.807, 2.05) is 6.92 Å². The third-order valence-electron chi connectivity index (χ3n) is 3.47. The van der Waals surface area contributed by atoms with Crippen molar-refractivity contribution in [3.8, 4) is 5.75 Å². The predicted molar refractivity (Wildman–Crippen MR) is 79.1 cm³/mol. The van der Waals surface area contributed by atoms with Crippen LogP contribution in [0.3, 0.4) is 0 Å². The van der Waals surface area contributed by atoms with E-state index in [2.05, 4.69) is 44.5 Å². The van der Waals surface area contributed by atoms with E-state index >= 15 is 0 Å². The summed E-state index contributed by atoms with van der Waals surface area (Å²) in [4.78, 5) is 10.9. The van der Waals surface area contributed by atoms with Crippen molar-refractivity contribution in [2.75, 3.05) is 23.9 Å². The summed E-state index contributed by atoms with van der Waals surface area (Å²) < 4.78 is 5.51. The molecular formula is C15H18N4O. The van der Waals surface area contributed by atoms with Gasteiger partial charge >= 0.3 is 0 Å². The van der Waals surface area contributed by atoms with Gasteiger partial charge in [-0.1, -0.05) is 24.3 Å². The monoisotopic (exact) mass is 270 g/mol. The second-order valence-electron chi connectivity index (χ2n) is 4.73. The lowest BCUT2D eigenvalue weighted by molar-refractivity contribution is 0.412. The average Bonchev–Trinajstić information content (AvgIpc) is 2.91. The molecule has 0 atom stereocenters. The lowest BCUT2D eigenvalue weighted by atomic mass is 10.1. The maximum Gasteiger partial charge on any atom is 0.204 e. The Labute approximate surface area is 118 Å². The zero-order valence-corrected chi connectivity index (χ0v) is 11.8. The second-order valence-corrected chi connectivity index (χ2v) is 4.73. The molecule has 2 aromatic rings. The number of nitrogens with zero attached hydrogens (tertiary/aromatic N) is 3. The first-order valence-electron chi connectivity index (χ1n) is 6.78. The first-order chi connectivity index (χ1) is 9.83.